The highest BCUT2D eigenvalue weighted by Gasteiger charge is 2.35. The van der Waals surface area contributed by atoms with Crippen LogP contribution in [0.5, 0.6) is 5.75 Å². The summed E-state index contributed by atoms with van der Waals surface area (Å²) < 4.78 is 11.3. The molecule has 182 valence electrons. The lowest BCUT2D eigenvalue weighted by atomic mass is 9.88. The molecule has 0 aliphatic carbocycles. The fourth-order valence-electron chi connectivity index (χ4n) is 4.12. The maximum atomic E-state index is 12.5. The number of nitrogens with zero attached hydrogens (tertiary/aromatic N) is 1. The molecular formula is C28H30N2O5. The van der Waals surface area contributed by atoms with Crippen molar-refractivity contribution in [3.8, 4) is 5.75 Å². The Hall–Kier alpha value is -3.84. The zero-order valence-electron chi connectivity index (χ0n) is 19.8. The van der Waals surface area contributed by atoms with E-state index in [4.69, 9.17) is 14.9 Å². The molecule has 7 nitrogen and oxygen atoms in total. The summed E-state index contributed by atoms with van der Waals surface area (Å²) in [5, 5.41) is 11.8. The fourth-order valence-corrected chi connectivity index (χ4v) is 4.12. The zero-order chi connectivity index (χ0) is 24.8. The number of hydrogen-bond acceptors (Lipinski definition) is 6. The predicted octanol–water partition coefficient (Wildman–Crippen LogP) is 3.26. The molecule has 4 rings (SSSR count). The van der Waals surface area contributed by atoms with Crippen molar-refractivity contribution in [3.63, 3.8) is 0 Å². The predicted molar refractivity (Wildman–Crippen MR) is 135 cm³/mol. The summed E-state index contributed by atoms with van der Waals surface area (Å²) >= 11 is 0. The van der Waals surface area contributed by atoms with E-state index in [1.54, 1.807) is 12.1 Å². The van der Waals surface area contributed by atoms with Crippen LogP contribution in [-0.4, -0.2) is 41.2 Å². The molecule has 1 atom stereocenters. The van der Waals surface area contributed by atoms with Crippen molar-refractivity contribution in [3.05, 3.63) is 100 Å². The van der Waals surface area contributed by atoms with Crippen LogP contribution in [0.3, 0.4) is 0 Å². The molecular weight excluding hydrogens is 444 g/mol. The number of amides is 1. The van der Waals surface area contributed by atoms with Crippen LogP contribution in [0.2, 0.25) is 0 Å². The molecule has 3 aromatic rings. The SMILES string of the molecule is Cc1ccc2oc(=O)c(CC(O)(CCc3cccc(OCCN4C=CC=CC4)c3)C(N)=O)cc2c1. The van der Waals surface area contributed by atoms with Gasteiger partial charge in [-0.2, -0.15) is 0 Å². The summed E-state index contributed by atoms with van der Waals surface area (Å²) in [4.78, 5) is 26.9. The third-order valence-corrected chi connectivity index (χ3v) is 6.16. The van der Waals surface area contributed by atoms with Crippen LogP contribution in [-0.2, 0) is 17.6 Å². The van der Waals surface area contributed by atoms with Crippen LogP contribution in [0.4, 0.5) is 0 Å². The molecule has 2 aromatic carbocycles. The number of rotatable bonds is 10. The third kappa shape index (κ3) is 6.19. The average Bonchev–Trinajstić information content (AvgIpc) is 2.84. The number of allylic oxidation sites excluding steroid dienone is 2. The van der Waals surface area contributed by atoms with Gasteiger partial charge in [0, 0.05) is 23.9 Å². The lowest BCUT2D eigenvalue weighted by molar-refractivity contribution is -0.136. The van der Waals surface area contributed by atoms with Gasteiger partial charge in [0.05, 0.1) is 6.54 Å². The van der Waals surface area contributed by atoms with Gasteiger partial charge in [0.1, 0.15) is 23.5 Å². The molecule has 1 aliphatic heterocycles. The number of aryl methyl sites for hydroxylation is 2. The molecule has 3 N–H and O–H groups in total. The van der Waals surface area contributed by atoms with Gasteiger partial charge in [0.2, 0.25) is 5.91 Å². The quantitative estimate of drug-likeness (QED) is 0.437. The van der Waals surface area contributed by atoms with Crippen LogP contribution in [0.25, 0.3) is 11.0 Å². The highest BCUT2D eigenvalue weighted by atomic mass is 16.5. The lowest BCUT2D eigenvalue weighted by Crippen LogP contribution is -2.47. The van der Waals surface area contributed by atoms with Crippen LogP contribution in [0, 0.1) is 6.92 Å². The van der Waals surface area contributed by atoms with Gasteiger partial charge >= 0.3 is 5.63 Å². The van der Waals surface area contributed by atoms with Crippen molar-refractivity contribution in [2.75, 3.05) is 19.7 Å². The average molecular weight is 475 g/mol. The fraction of sp³-hybridized carbons (Fsp3) is 0.286. The lowest BCUT2D eigenvalue weighted by Gasteiger charge is -2.24. The van der Waals surface area contributed by atoms with Gasteiger partial charge in [-0.05, 0) is 67.9 Å². The Bertz CT molecular complexity index is 1330. The number of hydrogen-bond donors (Lipinski definition) is 2. The first-order chi connectivity index (χ1) is 16.8. The van der Waals surface area contributed by atoms with Crippen LogP contribution in [0.15, 0.2) is 82.2 Å². The number of benzene rings is 2. The number of carbonyl (C=O) groups is 1. The Labute approximate surface area is 204 Å². The zero-order valence-corrected chi connectivity index (χ0v) is 19.8. The number of carbonyl (C=O) groups excluding carboxylic acids is 1. The number of primary amides is 1. The minimum absolute atomic E-state index is 0.0575. The second kappa shape index (κ2) is 10.6. The van der Waals surface area contributed by atoms with Gasteiger partial charge in [-0.25, -0.2) is 4.79 Å². The molecule has 0 radical (unpaired) electrons. The summed E-state index contributed by atoms with van der Waals surface area (Å²) in [5.41, 5.74) is 5.66. The van der Waals surface area contributed by atoms with E-state index in [0.717, 1.165) is 29.6 Å². The Morgan fingerprint density at radius 1 is 1.20 bits per heavy atom. The highest BCUT2D eigenvalue weighted by Crippen LogP contribution is 2.23. The normalized spacial score (nSPS) is 14.7. The first kappa shape index (κ1) is 24.3. The van der Waals surface area contributed by atoms with Gasteiger partial charge in [0.25, 0.3) is 0 Å². The standard InChI is InChI=1S/C28H30N2O5/c1-20-8-9-25-22(16-20)18-23(26(31)35-25)19-28(33,27(29)32)11-10-21-6-5-7-24(17-21)34-15-14-30-12-3-2-4-13-30/h2-9,12,16-18,33H,10-11,13-15,19H2,1H3,(H2,29,32). The summed E-state index contributed by atoms with van der Waals surface area (Å²) in [6.07, 6.45) is 8.35. The van der Waals surface area contributed by atoms with Crippen LogP contribution >= 0.6 is 0 Å². The molecule has 1 aromatic heterocycles. The van der Waals surface area contributed by atoms with Crippen molar-refractivity contribution >= 4 is 16.9 Å². The number of ether oxygens (including phenoxy) is 1. The highest BCUT2D eigenvalue weighted by molar-refractivity contribution is 5.84. The summed E-state index contributed by atoms with van der Waals surface area (Å²) in [7, 11) is 0. The Kier molecular flexibility index (Phi) is 7.36. The van der Waals surface area contributed by atoms with Gasteiger partial charge < -0.3 is 24.9 Å². The maximum absolute atomic E-state index is 12.5. The minimum Gasteiger partial charge on any atom is -0.492 e. The topological polar surface area (TPSA) is 106 Å². The van der Waals surface area contributed by atoms with Gasteiger partial charge in [-0.1, -0.05) is 35.9 Å². The first-order valence-corrected chi connectivity index (χ1v) is 11.7. The second-order valence-electron chi connectivity index (χ2n) is 8.93. The van der Waals surface area contributed by atoms with Crippen molar-refractivity contribution in [1.29, 1.82) is 0 Å². The molecule has 0 saturated heterocycles. The monoisotopic (exact) mass is 474 g/mol. The van der Waals surface area contributed by atoms with Gasteiger partial charge in [0.15, 0.2) is 0 Å². The third-order valence-electron chi connectivity index (χ3n) is 6.16. The molecule has 1 amide bonds. The molecule has 0 fully saturated rings. The van der Waals surface area contributed by atoms with E-state index in [1.165, 1.54) is 0 Å². The molecule has 35 heavy (non-hydrogen) atoms. The van der Waals surface area contributed by atoms with Gasteiger partial charge in [-0.15, -0.1) is 0 Å². The molecule has 7 heteroatoms. The molecule has 0 spiro atoms. The maximum Gasteiger partial charge on any atom is 0.339 e. The van der Waals surface area contributed by atoms with Gasteiger partial charge in [-0.3, -0.25) is 4.79 Å². The summed E-state index contributed by atoms with van der Waals surface area (Å²) in [6, 6.07) is 14.7. The Morgan fingerprint density at radius 2 is 2.06 bits per heavy atom. The Balaban J connectivity index is 1.42. The number of fused-ring (bicyclic) bond motifs is 1. The molecule has 1 unspecified atom stereocenters. The number of nitrogens with two attached hydrogens (primary N) is 1. The summed E-state index contributed by atoms with van der Waals surface area (Å²) in [6.45, 7) is 4.09. The second-order valence-corrected chi connectivity index (χ2v) is 8.93. The van der Waals surface area contributed by atoms with Crippen LogP contribution < -0.4 is 16.1 Å². The van der Waals surface area contributed by atoms with E-state index in [9.17, 15) is 14.7 Å². The smallest absolute Gasteiger partial charge is 0.339 e. The largest absolute Gasteiger partial charge is 0.492 e. The van der Waals surface area contributed by atoms with E-state index in [1.807, 2.05) is 61.7 Å². The van der Waals surface area contributed by atoms with Crippen molar-refractivity contribution in [2.45, 2.75) is 31.8 Å². The molecule has 0 saturated carbocycles. The molecule has 0 bridgehead atoms. The van der Waals surface area contributed by atoms with Crippen molar-refractivity contribution < 1.29 is 19.1 Å². The molecule has 2 heterocycles. The van der Waals surface area contributed by atoms with E-state index in [-0.39, 0.29) is 18.4 Å². The van der Waals surface area contributed by atoms with E-state index in [0.29, 0.717) is 24.4 Å². The van der Waals surface area contributed by atoms with Crippen molar-refractivity contribution in [2.24, 2.45) is 5.73 Å². The van der Waals surface area contributed by atoms with E-state index < -0.39 is 17.1 Å². The van der Waals surface area contributed by atoms with E-state index in [2.05, 4.69) is 11.0 Å². The summed E-state index contributed by atoms with van der Waals surface area (Å²) in [5.74, 6) is -0.163. The first-order valence-electron chi connectivity index (χ1n) is 11.7. The van der Waals surface area contributed by atoms with Crippen molar-refractivity contribution in [1.82, 2.24) is 4.90 Å². The number of aliphatic hydroxyl groups is 1. The molecule has 1 aliphatic rings. The van der Waals surface area contributed by atoms with Crippen LogP contribution in [0.1, 0.15) is 23.1 Å². The van der Waals surface area contributed by atoms with E-state index >= 15 is 0 Å². The Morgan fingerprint density at radius 3 is 2.83 bits per heavy atom. The minimum atomic E-state index is -1.89.